The van der Waals surface area contributed by atoms with Crippen molar-refractivity contribution in [1.82, 2.24) is 14.5 Å². The van der Waals surface area contributed by atoms with Gasteiger partial charge in [-0.15, -0.1) is 0 Å². The highest BCUT2D eigenvalue weighted by Gasteiger charge is 2.27. The van der Waals surface area contributed by atoms with Crippen LogP contribution < -0.4 is 11.3 Å². The highest BCUT2D eigenvalue weighted by Crippen LogP contribution is 2.25. The number of nitrogens with zero attached hydrogens (tertiary/aromatic N) is 3. The molecule has 2 aromatic carbocycles. The number of hydrogen-bond donors (Lipinski definition) is 1. The summed E-state index contributed by atoms with van der Waals surface area (Å²) < 4.78 is 1.60. The van der Waals surface area contributed by atoms with Gasteiger partial charge in [-0.1, -0.05) is 36.0 Å². The molecule has 2 amide bonds. The van der Waals surface area contributed by atoms with Crippen LogP contribution in [0, 0.1) is 19.8 Å². The number of hydrogen-bond acceptors (Lipinski definition) is 5. The predicted octanol–water partition coefficient (Wildman–Crippen LogP) is 2.82. The molecule has 1 saturated heterocycles. The maximum Gasteiger partial charge on any atom is 0.266 e. The fourth-order valence-corrected chi connectivity index (χ4v) is 4.94. The average Bonchev–Trinajstić information content (AvgIpc) is 2.79. The minimum absolute atomic E-state index is 0.0872. The van der Waals surface area contributed by atoms with Crippen molar-refractivity contribution in [2.24, 2.45) is 11.7 Å². The normalized spacial score (nSPS) is 16.3. The van der Waals surface area contributed by atoms with Crippen molar-refractivity contribution >= 4 is 34.5 Å². The molecule has 7 nitrogen and oxygen atoms in total. The van der Waals surface area contributed by atoms with Crippen molar-refractivity contribution in [3.63, 3.8) is 0 Å². The second-order valence-electron chi connectivity index (χ2n) is 8.21. The lowest BCUT2D eigenvalue weighted by atomic mass is 9.97. The van der Waals surface area contributed by atoms with Gasteiger partial charge < -0.3 is 10.6 Å². The van der Waals surface area contributed by atoms with E-state index in [2.05, 4.69) is 0 Å². The number of aromatic nitrogens is 2. The third kappa shape index (κ3) is 4.41. The second-order valence-corrected chi connectivity index (χ2v) is 9.15. The topological polar surface area (TPSA) is 98.3 Å². The van der Waals surface area contributed by atoms with E-state index < -0.39 is 0 Å². The monoisotopic (exact) mass is 450 g/mol. The summed E-state index contributed by atoms with van der Waals surface area (Å²) in [6.07, 6.45) is 1.47. The Labute approximate surface area is 190 Å². The Bertz CT molecular complexity index is 1250. The van der Waals surface area contributed by atoms with Crippen LogP contribution in [0.25, 0.3) is 16.6 Å². The van der Waals surface area contributed by atoms with E-state index in [-0.39, 0.29) is 29.0 Å². The molecule has 0 spiro atoms. The fourth-order valence-electron chi connectivity index (χ4n) is 4.04. The number of fused-ring (bicyclic) bond motifs is 1. The number of para-hydroxylation sites is 1. The van der Waals surface area contributed by atoms with Crippen LogP contribution in [0.15, 0.2) is 52.4 Å². The second kappa shape index (κ2) is 9.16. The van der Waals surface area contributed by atoms with Crippen LogP contribution in [0.1, 0.15) is 24.0 Å². The lowest BCUT2D eigenvalue weighted by molar-refractivity contribution is -0.132. The first kappa shape index (κ1) is 22.1. The van der Waals surface area contributed by atoms with E-state index in [1.54, 1.807) is 21.6 Å². The molecule has 1 unspecified atom stereocenters. The maximum absolute atomic E-state index is 13.4. The number of carbonyl (C=O) groups is 2. The fraction of sp³-hybridized carbons (Fsp3) is 0.333. The molecule has 0 radical (unpaired) electrons. The predicted molar refractivity (Wildman–Crippen MR) is 126 cm³/mol. The lowest BCUT2D eigenvalue weighted by Crippen LogP contribution is -2.44. The Balaban J connectivity index is 1.69. The minimum Gasteiger partial charge on any atom is -0.369 e. The zero-order valence-corrected chi connectivity index (χ0v) is 19.0. The van der Waals surface area contributed by atoms with Gasteiger partial charge in [0, 0.05) is 13.1 Å². The van der Waals surface area contributed by atoms with Gasteiger partial charge in [0.2, 0.25) is 11.8 Å². The molecule has 1 aromatic heterocycles. The van der Waals surface area contributed by atoms with E-state index in [4.69, 9.17) is 10.7 Å². The van der Waals surface area contributed by atoms with E-state index >= 15 is 0 Å². The largest absolute Gasteiger partial charge is 0.369 e. The molecule has 1 atom stereocenters. The highest BCUT2D eigenvalue weighted by molar-refractivity contribution is 7.99. The summed E-state index contributed by atoms with van der Waals surface area (Å²) in [7, 11) is 0. The van der Waals surface area contributed by atoms with Crippen molar-refractivity contribution < 1.29 is 9.59 Å². The molecule has 4 rings (SSSR count). The maximum atomic E-state index is 13.4. The molecule has 0 saturated carbocycles. The SMILES string of the molecule is Cc1ccc(C)c(-n2c(SCC(=O)N3CCCC(C(N)=O)C3)nc3ccccc3c2=O)c1. The molecule has 1 fully saturated rings. The zero-order valence-electron chi connectivity index (χ0n) is 18.2. The summed E-state index contributed by atoms with van der Waals surface area (Å²) >= 11 is 1.24. The van der Waals surface area contributed by atoms with E-state index in [1.165, 1.54) is 11.8 Å². The Morgan fingerprint density at radius 2 is 1.97 bits per heavy atom. The third-order valence-electron chi connectivity index (χ3n) is 5.85. The molecule has 0 bridgehead atoms. The summed E-state index contributed by atoms with van der Waals surface area (Å²) in [5.74, 6) is -0.628. The number of piperidine rings is 1. The van der Waals surface area contributed by atoms with Gasteiger partial charge in [-0.3, -0.25) is 19.0 Å². The number of benzene rings is 2. The molecule has 166 valence electrons. The molecule has 32 heavy (non-hydrogen) atoms. The first-order valence-electron chi connectivity index (χ1n) is 10.6. The van der Waals surface area contributed by atoms with Gasteiger partial charge in [0.15, 0.2) is 5.16 Å². The quantitative estimate of drug-likeness (QED) is 0.476. The van der Waals surface area contributed by atoms with E-state index in [1.807, 2.05) is 44.2 Å². The molecular weight excluding hydrogens is 424 g/mol. The number of aryl methyl sites for hydroxylation is 2. The van der Waals surface area contributed by atoms with E-state index in [0.29, 0.717) is 35.6 Å². The van der Waals surface area contributed by atoms with Gasteiger partial charge in [-0.2, -0.15) is 0 Å². The summed E-state index contributed by atoms with van der Waals surface area (Å²) in [5.41, 5.74) is 8.62. The number of thioether (sulfide) groups is 1. The van der Waals surface area contributed by atoms with Gasteiger partial charge in [0.05, 0.1) is 28.3 Å². The Kier molecular flexibility index (Phi) is 6.32. The number of amides is 2. The molecule has 2 heterocycles. The summed E-state index contributed by atoms with van der Waals surface area (Å²) in [4.78, 5) is 44.3. The first-order valence-corrected chi connectivity index (χ1v) is 11.6. The van der Waals surface area contributed by atoms with E-state index in [9.17, 15) is 14.4 Å². The number of primary amides is 1. The van der Waals surface area contributed by atoms with Crippen LogP contribution in [-0.2, 0) is 9.59 Å². The molecule has 8 heteroatoms. The van der Waals surface area contributed by atoms with Crippen molar-refractivity contribution in [2.75, 3.05) is 18.8 Å². The molecule has 1 aliphatic rings. The van der Waals surface area contributed by atoms with Crippen LogP contribution in [0.5, 0.6) is 0 Å². The van der Waals surface area contributed by atoms with Crippen molar-refractivity contribution in [3.05, 3.63) is 63.9 Å². The Morgan fingerprint density at radius 3 is 2.75 bits per heavy atom. The van der Waals surface area contributed by atoms with Crippen molar-refractivity contribution in [1.29, 1.82) is 0 Å². The summed E-state index contributed by atoms with van der Waals surface area (Å²) in [5, 5.41) is 1.00. The van der Waals surface area contributed by atoms with Gasteiger partial charge in [-0.25, -0.2) is 4.98 Å². The van der Waals surface area contributed by atoms with Gasteiger partial charge in [0.25, 0.3) is 5.56 Å². The van der Waals surface area contributed by atoms with Gasteiger partial charge in [0.1, 0.15) is 0 Å². The number of carbonyl (C=O) groups excluding carboxylic acids is 2. The first-order chi connectivity index (χ1) is 15.3. The number of rotatable bonds is 5. The molecular formula is C24H26N4O3S. The standard InChI is InChI=1S/C24H26N4O3S/c1-15-9-10-16(2)20(12-15)28-23(31)18-7-3-4-8-19(18)26-24(28)32-14-21(29)27-11-5-6-17(13-27)22(25)30/h3-4,7-10,12,17H,5-6,11,13-14H2,1-2H3,(H2,25,30). The summed E-state index contributed by atoms with van der Waals surface area (Å²) in [6.45, 7) is 4.89. The van der Waals surface area contributed by atoms with Crippen LogP contribution in [0.3, 0.4) is 0 Å². The third-order valence-corrected chi connectivity index (χ3v) is 6.78. The van der Waals surface area contributed by atoms with Crippen LogP contribution >= 0.6 is 11.8 Å². The van der Waals surface area contributed by atoms with Gasteiger partial charge in [-0.05, 0) is 56.0 Å². The van der Waals surface area contributed by atoms with Crippen LogP contribution in [0.2, 0.25) is 0 Å². The Hall–Kier alpha value is -3.13. The smallest absolute Gasteiger partial charge is 0.266 e. The molecule has 1 aliphatic heterocycles. The van der Waals surface area contributed by atoms with Crippen LogP contribution in [0.4, 0.5) is 0 Å². The Morgan fingerprint density at radius 1 is 1.19 bits per heavy atom. The number of nitrogens with two attached hydrogens (primary N) is 1. The molecule has 2 N–H and O–H groups in total. The highest BCUT2D eigenvalue weighted by atomic mass is 32.2. The molecule has 0 aliphatic carbocycles. The lowest BCUT2D eigenvalue weighted by Gasteiger charge is -2.31. The van der Waals surface area contributed by atoms with Crippen molar-refractivity contribution in [2.45, 2.75) is 31.8 Å². The molecule has 3 aromatic rings. The number of likely N-dealkylation sites (tertiary alicyclic amines) is 1. The summed E-state index contributed by atoms with van der Waals surface area (Å²) in [6, 6.07) is 13.2. The van der Waals surface area contributed by atoms with Crippen LogP contribution in [-0.4, -0.2) is 45.1 Å². The average molecular weight is 451 g/mol. The van der Waals surface area contributed by atoms with E-state index in [0.717, 1.165) is 23.2 Å². The minimum atomic E-state index is -0.366. The van der Waals surface area contributed by atoms with Gasteiger partial charge >= 0.3 is 0 Å². The zero-order chi connectivity index (χ0) is 22.8. The van der Waals surface area contributed by atoms with Crippen molar-refractivity contribution in [3.8, 4) is 5.69 Å².